The molecule has 1 aromatic heterocycles. The highest BCUT2D eigenvalue weighted by atomic mass is 19.1. The molecule has 0 unspecified atom stereocenters. The quantitative estimate of drug-likeness (QED) is 0.840. The van der Waals surface area contributed by atoms with Crippen LogP contribution in [0.5, 0.6) is 0 Å². The zero-order valence-corrected chi connectivity index (χ0v) is 11.0. The van der Waals surface area contributed by atoms with Gasteiger partial charge in [0.25, 0.3) is 5.91 Å². The summed E-state index contributed by atoms with van der Waals surface area (Å²) in [6, 6.07) is 5.63. The van der Waals surface area contributed by atoms with Gasteiger partial charge in [-0.15, -0.1) is 0 Å². The van der Waals surface area contributed by atoms with E-state index in [1.165, 1.54) is 36.7 Å². The lowest BCUT2D eigenvalue weighted by atomic mass is 10.1. The van der Waals surface area contributed by atoms with E-state index >= 15 is 0 Å². The number of carbonyl (C=O) groups excluding carboxylic acids is 1. The molecule has 0 aliphatic carbocycles. The number of aliphatic hydroxyl groups is 1. The van der Waals surface area contributed by atoms with Crippen LogP contribution in [0.3, 0.4) is 0 Å². The summed E-state index contributed by atoms with van der Waals surface area (Å²) in [4.78, 5) is 11.9. The maximum Gasteiger partial charge on any atom is 0.257 e. The van der Waals surface area contributed by atoms with Gasteiger partial charge in [-0.25, -0.2) is 4.39 Å². The fourth-order valence-electron chi connectivity index (χ4n) is 1.54. The summed E-state index contributed by atoms with van der Waals surface area (Å²) < 4.78 is 13.6. The molecular weight excluding hydrogens is 273 g/mol. The van der Waals surface area contributed by atoms with E-state index in [-0.39, 0.29) is 24.5 Å². The summed E-state index contributed by atoms with van der Waals surface area (Å²) in [5.41, 5.74) is 0.933. The molecule has 0 spiro atoms. The second-order valence-electron chi connectivity index (χ2n) is 4.06. The molecule has 0 aliphatic heterocycles. The van der Waals surface area contributed by atoms with Gasteiger partial charge in [-0.05, 0) is 24.3 Å². The van der Waals surface area contributed by atoms with Crippen LogP contribution in [0.1, 0.15) is 22.3 Å². The van der Waals surface area contributed by atoms with Crippen molar-refractivity contribution in [2.24, 2.45) is 0 Å². The Bertz CT molecular complexity index is 693. The minimum absolute atomic E-state index is 0.0832. The highest BCUT2D eigenvalue weighted by Gasteiger charge is 2.07. The summed E-state index contributed by atoms with van der Waals surface area (Å²) in [7, 11) is 0. The molecule has 0 saturated heterocycles. The number of benzene rings is 1. The monoisotopic (exact) mass is 285 g/mol. The van der Waals surface area contributed by atoms with Crippen molar-refractivity contribution < 1.29 is 14.3 Å². The highest BCUT2D eigenvalue weighted by molar-refractivity contribution is 6.04. The Balaban J connectivity index is 2.16. The zero-order valence-electron chi connectivity index (χ0n) is 11.0. The van der Waals surface area contributed by atoms with Crippen LogP contribution in [0.4, 0.5) is 10.1 Å². The molecule has 0 radical (unpaired) electrons. The lowest BCUT2D eigenvalue weighted by Gasteiger charge is -2.05. The first kappa shape index (κ1) is 14.6. The molecule has 5 nitrogen and oxygen atoms in total. The Morgan fingerprint density at radius 3 is 2.90 bits per heavy atom. The fourth-order valence-corrected chi connectivity index (χ4v) is 1.54. The molecule has 1 heterocycles. The van der Waals surface area contributed by atoms with Gasteiger partial charge >= 0.3 is 0 Å². The van der Waals surface area contributed by atoms with Crippen LogP contribution in [0.15, 0.2) is 36.7 Å². The number of rotatable bonds is 3. The Hall–Kier alpha value is -2.78. The second kappa shape index (κ2) is 7.12. The number of hydrogen-bond acceptors (Lipinski definition) is 4. The number of aromatic nitrogens is 2. The number of carbonyl (C=O) groups is 1. The smallest absolute Gasteiger partial charge is 0.257 e. The molecule has 106 valence electrons. The molecule has 1 amide bonds. The molecule has 21 heavy (non-hydrogen) atoms. The average molecular weight is 285 g/mol. The Morgan fingerprint density at radius 2 is 2.19 bits per heavy atom. The third-order valence-electron chi connectivity index (χ3n) is 2.53. The number of hydrogen-bond donors (Lipinski definition) is 2. The SMILES string of the molecule is O=C(Nc1ccc(F)c(C#CCCO)c1)c1ccnnc1. The largest absolute Gasteiger partial charge is 0.395 e. The minimum atomic E-state index is -0.482. The van der Waals surface area contributed by atoms with Gasteiger partial charge in [-0.1, -0.05) is 11.8 Å². The molecule has 1 aromatic carbocycles. The van der Waals surface area contributed by atoms with Gasteiger partial charge < -0.3 is 10.4 Å². The van der Waals surface area contributed by atoms with E-state index in [1.54, 1.807) is 0 Å². The van der Waals surface area contributed by atoms with Crippen molar-refractivity contribution in [3.8, 4) is 11.8 Å². The van der Waals surface area contributed by atoms with Crippen molar-refractivity contribution >= 4 is 11.6 Å². The second-order valence-corrected chi connectivity index (χ2v) is 4.06. The zero-order chi connectivity index (χ0) is 15.1. The maximum absolute atomic E-state index is 13.6. The summed E-state index contributed by atoms with van der Waals surface area (Å²) in [5.74, 6) is 4.39. The van der Waals surface area contributed by atoms with E-state index in [2.05, 4.69) is 27.4 Å². The summed E-state index contributed by atoms with van der Waals surface area (Å²) in [6.07, 6.45) is 3.00. The van der Waals surface area contributed by atoms with E-state index in [1.807, 2.05) is 0 Å². The molecule has 0 fully saturated rings. The van der Waals surface area contributed by atoms with Crippen LogP contribution < -0.4 is 5.32 Å². The summed E-state index contributed by atoms with van der Waals surface area (Å²) >= 11 is 0. The van der Waals surface area contributed by atoms with Gasteiger partial charge in [0.05, 0.1) is 30.1 Å². The first-order valence-electron chi connectivity index (χ1n) is 6.18. The third kappa shape index (κ3) is 4.09. The van der Waals surface area contributed by atoms with Crippen molar-refractivity contribution in [2.75, 3.05) is 11.9 Å². The lowest BCUT2D eigenvalue weighted by Crippen LogP contribution is -2.12. The fraction of sp³-hybridized carbons (Fsp3) is 0.133. The van der Waals surface area contributed by atoms with E-state index in [4.69, 9.17) is 5.11 Å². The number of anilines is 1. The minimum Gasteiger partial charge on any atom is -0.395 e. The standard InChI is InChI=1S/C15H12FN3O2/c16-14-5-4-13(9-11(14)3-1-2-8-20)19-15(21)12-6-7-17-18-10-12/h4-7,9-10,20H,2,8H2,(H,19,21). The maximum atomic E-state index is 13.6. The number of halogens is 1. The van der Waals surface area contributed by atoms with Crippen LogP contribution in [0, 0.1) is 17.7 Å². The van der Waals surface area contributed by atoms with Crippen LogP contribution in [0.2, 0.25) is 0 Å². The van der Waals surface area contributed by atoms with Gasteiger partial charge in [0.2, 0.25) is 0 Å². The van der Waals surface area contributed by atoms with E-state index < -0.39 is 5.82 Å². The lowest BCUT2D eigenvalue weighted by molar-refractivity contribution is 0.102. The molecule has 0 atom stereocenters. The molecule has 2 N–H and O–H groups in total. The Labute approximate surface area is 120 Å². The number of amides is 1. The normalized spacial score (nSPS) is 9.62. The molecular formula is C15H12FN3O2. The van der Waals surface area contributed by atoms with Gasteiger partial charge in [-0.3, -0.25) is 4.79 Å². The number of nitrogens with zero attached hydrogens (tertiary/aromatic N) is 2. The van der Waals surface area contributed by atoms with E-state index in [9.17, 15) is 9.18 Å². The summed E-state index contributed by atoms with van der Waals surface area (Å²) in [5, 5.41) is 18.5. The average Bonchev–Trinajstić information content (AvgIpc) is 2.51. The predicted octanol–water partition coefficient (Wildman–Crippen LogP) is 1.60. The Morgan fingerprint density at radius 1 is 1.33 bits per heavy atom. The van der Waals surface area contributed by atoms with Crippen molar-refractivity contribution in [1.82, 2.24) is 10.2 Å². The van der Waals surface area contributed by atoms with Gasteiger partial charge in [-0.2, -0.15) is 10.2 Å². The van der Waals surface area contributed by atoms with Gasteiger partial charge in [0.1, 0.15) is 5.82 Å². The molecule has 2 aromatic rings. The number of nitrogens with one attached hydrogen (secondary N) is 1. The van der Waals surface area contributed by atoms with Crippen LogP contribution in [-0.2, 0) is 0 Å². The van der Waals surface area contributed by atoms with E-state index in [0.29, 0.717) is 11.3 Å². The van der Waals surface area contributed by atoms with Crippen molar-refractivity contribution in [1.29, 1.82) is 0 Å². The van der Waals surface area contributed by atoms with Crippen LogP contribution >= 0.6 is 0 Å². The molecule has 0 bridgehead atoms. The van der Waals surface area contributed by atoms with Crippen LogP contribution in [0.25, 0.3) is 0 Å². The molecule has 6 heteroatoms. The molecule has 0 aliphatic rings. The molecule has 2 rings (SSSR count). The van der Waals surface area contributed by atoms with Crippen LogP contribution in [-0.4, -0.2) is 27.8 Å². The Kier molecular flexibility index (Phi) is 4.96. The van der Waals surface area contributed by atoms with Crippen molar-refractivity contribution in [3.05, 3.63) is 53.6 Å². The first-order chi connectivity index (χ1) is 10.2. The van der Waals surface area contributed by atoms with Gasteiger partial charge in [0.15, 0.2) is 0 Å². The topological polar surface area (TPSA) is 75.1 Å². The first-order valence-corrected chi connectivity index (χ1v) is 6.18. The van der Waals surface area contributed by atoms with Crippen molar-refractivity contribution in [3.63, 3.8) is 0 Å². The van der Waals surface area contributed by atoms with Crippen molar-refractivity contribution in [2.45, 2.75) is 6.42 Å². The number of aliphatic hydroxyl groups excluding tert-OH is 1. The van der Waals surface area contributed by atoms with E-state index in [0.717, 1.165) is 0 Å². The third-order valence-corrected chi connectivity index (χ3v) is 2.53. The predicted molar refractivity (Wildman–Crippen MR) is 75.0 cm³/mol. The highest BCUT2D eigenvalue weighted by Crippen LogP contribution is 2.15. The van der Waals surface area contributed by atoms with Gasteiger partial charge in [0, 0.05) is 12.1 Å². The summed E-state index contributed by atoms with van der Waals surface area (Å²) in [6.45, 7) is -0.0832. The molecule has 0 saturated carbocycles.